The number of ether oxygens (including phenoxy) is 1. The van der Waals surface area contributed by atoms with Crippen LogP contribution in [0.15, 0.2) is 6.20 Å². The third-order valence-electron chi connectivity index (χ3n) is 3.13. The van der Waals surface area contributed by atoms with Gasteiger partial charge < -0.3 is 15.4 Å². The first-order valence-electron chi connectivity index (χ1n) is 7.50. The molecule has 0 fully saturated rings. The summed E-state index contributed by atoms with van der Waals surface area (Å²) in [7, 11) is 0. The monoisotopic (exact) mass is 280 g/mol. The van der Waals surface area contributed by atoms with Gasteiger partial charge in [-0.1, -0.05) is 20.8 Å². The molecule has 114 valence electrons. The molecule has 0 bridgehead atoms. The van der Waals surface area contributed by atoms with Gasteiger partial charge in [-0.2, -0.15) is 4.98 Å². The summed E-state index contributed by atoms with van der Waals surface area (Å²) in [6.45, 7) is 12.8. The lowest BCUT2D eigenvalue weighted by molar-refractivity contribution is 0.126. The van der Waals surface area contributed by atoms with Gasteiger partial charge in [-0.25, -0.2) is 4.98 Å². The smallest absolute Gasteiger partial charge is 0.224 e. The molecule has 0 amide bonds. The van der Waals surface area contributed by atoms with Crippen molar-refractivity contribution in [2.75, 3.05) is 30.4 Å². The molecule has 20 heavy (non-hydrogen) atoms. The molecular formula is C15H28N4O. The molecule has 1 aromatic heterocycles. The summed E-state index contributed by atoms with van der Waals surface area (Å²) < 4.78 is 5.54. The first kappa shape index (κ1) is 16.7. The number of aryl methyl sites for hydroxylation is 1. The molecule has 1 heterocycles. The fraction of sp³-hybridized carbons (Fsp3) is 0.733. The van der Waals surface area contributed by atoms with Crippen molar-refractivity contribution in [3.05, 3.63) is 11.8 Å². The Bertz CT molecular complexity index is 395. The van der Waals surface area contributed by atoms with Crippen LogP contribution in [0.25, 0.3) is 0 Å². The Kier molecular flexibility index (Phi) is 7.30. The van der Waals surface area contributed by atoms with Crippen molar-refractivity contribution in [1.82, 2.24) is 9.97 Å². The summed E-state index contributed by atoms with van der Waals surface area (Å²) in [6.07, 6.45) is 2.91. The normalized spacial score (nSPS) is 12.5. The van der Waals surface area contributed by atoms with Crippen molar-refractivity contribution in [2.24, 2.45) is 5.92 Å². The molecule has 0 aliphatic rings. The minimum absolute atomic E-state index is 0.252. The van der Waals surface area contributed by atoms with Crippen LogP contribution >= 0.6 is 0 Å². The van der Waals surface area contributed by atoms with Gasteiger partial charge in [0, 0.05) is 24.9 Å². The molecule has 0 radical (unpaired) electrons. The van der Waals surface area contributed by atoms with Crippen molar-refractivity contribution in [3.63, 3.8) is 0 Å². The van der Waals surface area contributed by atoms with E-state index in [1.54, 1.807) is 0 Å². The maximum absolute atomic E-state index is 5.54. The third kappa shape index (κ3) is 5.33. The molecular weight excluding hydrogens is 252 g/mol. The van der Waals surface area contributed by atoms with Crippen LogP contribution in [-0.2, 0) is 4.74 Å². The fourth-order valence-corrected chi connectivity index (χ4v) is 1.73. The molecule has 1 unspecified atom stereocenters. The molecule has 0 aromatic carbocycles. The number of anilines is 2. The van der Waals surface area contributed by atoms with E-state index in [1.807, 2.05) is 20.0 Å². The van der Waals surface area contributed by atoms with Crippen LogP contribution in [0, 0.1) is 12.8 Å². The maximum Gasteiger partial charge on any atom is 0.224 e. The van der Waals surface area contributed by atoms with Crippen LogP contribution in [0.4, 0.5) is 11.8 Å². The number of nitrogens with zero attached hydrogens (tertiary/aromatic N) is 2. The van der Waals surface area contributed by atoms with Gasteiger partial charge in [-0.15, -0.1) is 0 Å². The highest BCUT2D eigenvalue weighted by molar-refractivity contribution is 5.47. The van der Waals surface area contributed by atoms with E-state index in [1.165, 1.54) is 0 Å². The SMILES string of the molecule is CCCNc1ncc(C)c(NC(COCC)C(C)C)n1. The number of nitrogens with one attached hydrogen (secondary N) is 2. The Morgan fingerprint density at radius 1 is 1.30 bits per heavy atom. The number of hydrogen-bond acceptors (Lipinski definition) is 5. The van der Waals surface area contributed by atoms with E-state index < -0.39 is 0 Å². The van der Waals surface area contributed by atoms with Crippen LogP contribution in [0.3, 0.4) is 0 Å². The third-order valence-corrected chi connectivity index (χ3v) is 3.13. The summed E-state index contributed by atoms with van der Waals surface area (Å²) in [5.74, 6) is 2.04. The minimum atomic E-state index is 0.252. The molecule has 0 spiro atoms. The van der Waals surface area contributed by atoms with Gasteiger partial charge in [0.1, 0.15) is 5.82 Å². The standard InChI is InChI=1S/C15H28N4O/c1-6-8-16-15-17-9-12(5)14(19-15)18-13(11(3)4)10-20-7-2/h9,11,13H,6-8,10H2,1-5H3,(H2,16,17,18,19). The number of aromatic nitrogens is 2. The van der Waals surface area contributed by atoms with Gasteiger partial charge in [0.25, 0.3) is 0 Å². The Labute approximate surface area is 122 Å². The summed E-state index contributed by atoms with van der Waals surface area (Å²) in [5.41, 5.74) is 1.05. The topological polar surface area (TPSA) is 59.1 Å². The maximum atomic E-state index is 5.54. The molecule has 0 saturated carbocycles. The van der Waals surface area contributed by atoms with Gasteiger partial charge in [-0.3, -0.25) is 0 Å². The highest BCUT2D eigenvalue weighted by Crippen LogP contribution is 2.16. The van der Waals surface area contributed by atoms with E-state index >= 15 is 0 Å². The van der Waals surface area contributed by atoms with E-state index in [-0.39, 0.29) is 6.04 Å². The van der Waals surface area contributed by atoms with Gasteiger partial charge in [0.05, 0.1) is 12.6 Å². The largest absolute Gasteiger partial charge is 0.380 e. The summed E-state index contributed by atoms with van der Waals surface area (Å²) in [4.78, 5) is 8.85. The van der Waals surface area contributed by atoms with Crippen LogP contribution < -0.4 is 10.6 Å². The lowest BCUT2D eigenvalue weighted by atomic mass is 10.1. The van der Waals surface area contributed by atoms with E-state index in [0.717, 1.165) is 31.0 Å². The second kappa shape index (κ2) is 8.74. The van der Waals surface area contributed by atoms with E-state index in [0.29, 0.717) is 18.5 Å². The van der Waals surface area contributed by atoms with Gasteiger partial charge >= 0.3 is 0 Å². The second-order valence-electron chi connectivity index (χ2n) is 5.31. The lowest BCUT2D eigenvalue weighted by Crippen LogP contribution is -2.31. The Morgan fingerprint density at radius 3 is 2.65 bits per heavy atom. The Morgan fingerprint density at radius 2 is 2.05 bits per heavy atom. The molecule has 0 saturated heterocycles. The quantitative estimate of drug-likeness (QED) is 0.728. The van der Waals surface area contributed by atoms with Gasteiger partial charge in [0.2, 0.25) is 5.95 Å². The highest BCUT2D eigenvalue weighted by atomic mass is 16.5. The van der Waals surface area contributed by atoms with Crippen molar-refractivity contribution >= 4 is 11.8 Å². The molecule has 2 N–H and O–H groups in total. The van der Waals surface area contributed by atoms with Crippen molar-refractivity contribution < 1.29 is 4.74 Å². The average molecular weight is 280 g/mol. The minimum Gasteiger partial charge on any atom is -0.380 e. The number of hydrogen-bond donors (Lipinski definition) is 2. The van der Waals surface area contributed by atoms with Crippen LogP contribution in [-0.4, -0.2) is 35.8 Å². The first-order valence-corrected chi connectivity index (χ1v) is 7.50. The van der Waals surface area contributed by atoms with Crippen LogP contribution in [0.2, 0.25) is 0 Å². The Balaban J connectivity index is 2.76. The van der Waals surface area contributed by atoms with Gasteiger partial charge in [0.15, 0.2) is 0 Å². The van der Waals surface area contributed by atoms with E-state index in [2.05, 4.69) is 41.4 Å². The highest BCUT2D eigenvalue weighted by Gasteiger charge is 2.15. The summed E-state index contributed by atoms with van der Waals surface area (Å²) in [5, 5.41) is 6.70. The number of rotatable bonds is 9. The molecule has 1 atom stereocenters. The van der Waals surface area contributed by atoms with Crippen molar-refractivity contribution in [3.8, 4) is 0 Å². The lowest BCUT2D eigenvalue weighted by Gasteiger charge is -2.23. The van der Waals surface area contributed by atoms with Crippen molar-refractivity contribution in [1.29, 1.82) is 0 Å². The van der Waals surface area contributed by atoms with Gasteiger partial charge in [-0.05, 0) is 26.2 Å². The average Bonchev–Trinajstić information content (AvgIpc) is 2.43. The Hall–Kier alpha value is -1.36. The van der Waals surface area contributed by atoms with Crippen molar-refractivity contribution in [2.45, 2.75) is 47.1 Å². The first-order chi connectivity index (χ1) is 9.58. The van der Waals surface area contributed by atoms with E-state index in [4.69, 9.17) is 4.74 Å². The molecule has 1 rings (SSSR count). The summed E-state index contributed by atoms with van der Waals surface area (Å²) >= 11 is 0. The molecule has 0 aliphatic heterocycles. The molecule has 5 nitrogen and oxygen atoms in total. The predicted molar refractivity (Wildman–Crippen MR) is 84.3 cm³/mol. The van der Waals surface area contributed by atoms with E-state index in [9.17, 15) is 0 Å². The summed E-state index contributed by atoms with van der Waals surface area (Å²) in [6, 6.07) is 0.252. The van der Waals surface area contributed by atoms with Crippen LogP contribution in [0.5, 0.6) is 0 Å². The second-order valence-corrected chi connectivity index (χ2v) is 5.31. The molecule has 1 aromatic rings. The fourth-order valence-electron chi connectivity index (χ4n) is 1.73. The molecule has 5 heteroatoms. The zero-order valence-corrected chi connectivity index (χ0v) is 13.4. The zero-order valence-electron chi connectivity index (χ0n) is 13.4. The zero-order chi connectivity index (χ0) is 15.0. The molecule has 0 aliphatic carbocycles. The predicted octanol–water partition coefficient (Wildman–Crippen LogP) is 3.08. The van der Waals surface area contributed by atoms with Crippen LogP contribution in [0.1, 0.15) is 39.7 Å².